The minimum atomic E-state index is -3.70. The number of nitrogens with zero attached hydrogens (tertiary/aromatic N) is 1. The normalized spacial score (nSPS) is 15.6. The van der Waals surface area contributed by atoms with E-state index in [0.29, 0.717) is 13.1 Å². The largest absolute Gasteiger partial charge is 0.319 e. The third-order valence-electron chi connectivity index (χ3n) is 4.33. The Balaban J connectivity index is 1.95. The van der Waals surface area contributed by atoms with Crippen LogP contribution in [0.1, 0.15) is 35.3 Å². The Kier molecular flexibility index (Phi) is 5.24. The Hall–Kier alpha value is -2.45. The summed E-state index contributed by atoms with van der Waals surface area (Å²) in [6.45, 7) is 2.76. The molecule has 1 amide bonds. The lowest BCUT2D eigenvalue weighted by atomic mass is 10.2. The number of nitrogens with one attached hydrogen (secondary N) is 2. The fourth-order valence-electron chi connectivity index (χ4n) is 2.96. The van der Waals surface area contributed by atoms with Gasteiger partial charge in [0.2, 0.25) is 15.6 Å². The van der Waals surface area contributed by atoms with Gasteiger partial charge in [-0.2, -0.15) is 4.31 Å². The minimum absolute atomic E-state index is 0.0689. The molecule has 2 heterocycles. The third kappa shape index (κ3) is 3.86. The Morgan fingerprint density at radius 1 is 1.12 bits per heavy atom. The number of benzene rings is 1. The molecular formula is C18H21N3O4S. The highest BCUT2D eigenvalue weighted by Gasteiger charge is 2.29. The van der Waals surface area contributed by atoms with Gasteiger partial charge in [0, 0.05) is 19.2 Å². The Morgan fingerprint density at radius 3 is 2.54 bits per heavy atom. The number of hydrogen-bond acceptors (Lipinski definition) is 4. The second-order valence-corrected chi connectivity index (χ2v) is 8.25. The number of pyridine rings is 1. The molecule has 2 aromatic rings. The van der Waals surface area contributed by atoms with Crippen molar-refractivity contribution < 1.29 is 13.2 Å². The summed E-state index contributed by atoms with van der Waals surface area (Å²) in [6, 6.07) is 9.10. The summed E-state index contributed by atoms with van der Waals surface area (Å²) >= 11 is 0. The first-order chi connectivity index (χ1) is 12.4. The molecule has 8 heteroatoms. The molecule has 1 aromatic carbocycles. The molecule has 26 heavy (non-hydrogen) atoms. The number of aromatic amines is 1. The van der Waals surface area contributed by atoms with Gasteiger partial charge in [0.25, 0.3) is 5.91 Å². The summed E-state index contributed by atoms with van der Waals surface area (Å²) in [5.41, 5.74) is 0.657. The van der Waals surface area contributed by atoms with Crippen LogP contribution in [0.4, 0.5) is 5.69 Å². The number of aryl methyl sites for hydroxylation is 1. The minimum Gasteiger partial charge on any atom is -0.319 e. The predicted molar refractivity (Wildman–Crippen MR) is 98.8 cm³/mol. The molecular weight excluding hydrogens is 354 g/mol. The van der Waals surface area contributed by atoms with E-state index in [0.717, 1.165) is 24.8 Å². The Morgan fingerprint density at radius 2 is 1.85 bits per heavy atom. The molecule has 138 valence electrons. The number of anilines is 1. The molecule has 1 aromatic heterocycles. The van der Waals surface area contributed by atoms with Crippen LogP contribution in [0.5, 0.6) is 0 Å². The summed E-state index contributed by atoms with van der Waals surface area (Å²) in [5, 5.41) is 2.61. The molecule has 0 aliphatic carbocycles. The van der Waals surface area contributed by atoms with Crippen molar-refractivity contribution >= 4 is 21.6 Å². The third-order valence-corrected chi connectivity index (χ3v) is 6.27. The standard InChI is InChI=1S/C18H21N3O4S/c1-13-8-9-14(20-18(23)15-6-5-7-17(22)19-15)16(12-13)26(24,25)21-10-3-2-4-11-21/h5-9,12H,2-4,10-11H2,1H3,(H,19,22)(H,20,23). The van der Waals surface area contributed by atoms with Crippen LogP contribution in [0.25, 0.3) is 0 Å². The molecule has 1 aliphatic heterocycles. The monoisotopic (exact) mass is 375 g/mol. The lowest BCUT2D eigenvalue weighted by Crippen LogP contribution is -2.36. The molecule has 0 atom stereocenters. The smallest absolute Gasteiger partial charge is 0.272 e. The second-order valence-electron chi connectivity index (χ2n) is 6.35. The van der Waals surface area contributed by atoms with E-state index in [1.807, 2.05) is 0 Å². The van der Waals surface area contributed by atoms with Crippen LogP contribution in [0.15, 0.2) is 46.1 Å². The number of piperidine rings is 1. The van der Waals surface area contributed by atoms with Crippen LogP contribution >= 0.6 is 0 Å². The van der Waals surface area contributed by atoms with Gasteiger partial charge < -0.3 is 10.3 Å². The highest BCUT2D eigenvalue weighted by molar-refractivity contribution is 7.89. The first-order valence-corrected chi connectivity index (χ1v) is 9.93. The number of carbonyl (C=O) groups is 1. The maximum Gasteiger partial charge on any atom is 0.272 e. The van der Waals surface area contributed by atoms with Crippen molar-refractivity contribution in [3.05, 3.63) is 58.0 Å². The summed E-state index contributed by atoms with van der Waals surface area (Å²) in [6.07, 6.45) is 2.68. The van der Waals surface area contributed by atoms with Gasteiger partial charge in [-0.1, -0.05) is 18.6 Å². The molecule has 0 saturated carbocycles. The maximum absolute atomic E-state index is 13.0. The summed E-state index contributed by atoms with van der Waals surface area (Å²) < 4.78 is 27.6. The number of carbonyl (C=O) groups excluding carboxylic acids is 1. The number of aromatic nitrogens is 1. The zero-order valence-corrected chi connectivity index (χ0v) is 15.3. The molecule has 0 radical (unpaired) electrons. The van der Waals surface area contributed by atoms with Crippen molar-refractivity contribution in [2.45, 2.75) is 31.1 Å². The SMILES string of the molecule is Cc1ccc(NC(=O)c2cccc(=O)[nH]2)c(S(=O)(=O)N2CCCCC2)c1. The number of sulfonamides is 1. The van der Waals surface area contributed by atoms with Crippen molar-refractivity contribution in [1.82, 2.24) is 9.29 Å². The molecule has 1 aliphatic rings. The zero-order chi connectivity index (χ0) is 18.7. The maximum atomic E-state index is 13.0. The van der Waals surface area contributed by atoms with Gasteiger partial charge in [-0.25, -0.2) is 8.42 Å². The van der Waals surface area contributed by atoms with Gasteiger partial charge in [0.1, 0.15) is 10.6 Å². The van der Waals surface area contributed by atoms with Gasteiger partial charge in [0.15, 0.2) is 0 Å². The molecule has 2 N–H and O–H groups in total. The van der Waals surface area contributed by atoms with Gasteiger partial charge in [-0.3, -0.25) is 9.59 Å². The first kappa shape index (κ1) is 18.3. The van der Waals surface area contributed by atoms with Crippen LogP contribution in [0, 0.1) is 6.92 Å². The summed E-state index contributed by atoms with van der Waals surface area (Å²) in [7, 11) is -3.70. The van der Waals surface area contributed by atoms with E-state index in [1.165, 1.54) is 22.5 Å². The van der Waals surface area contributed by atoms with E-state index in [9.17, 15) is 18.0 Å². The average Bonchev–Trinajstić information content (AvgIpc) is 2.64. The average molecular weight is 375 g/mol. The molecule has 0 spiro atoms. The van der Waals surface area contributed by atoms with Crippen LogP contribution < -0.4 is 10.9 Å². The molecule has 0 bridgehead atoms. The Bertz CT molecular complexity index is 976. The van der Waals surface area contributed by atoms with Gasteiger partial charge >= 0.3 is 0 Å². The number of H-pyrrole nitrogens is 1. The van der Waals surface area contributed by atoms with Crippen molar-refractivity contribution in [3.8, 4) is 0 Å². The highest BCUT2D eigenvalue weighted by Crippen LogP contribution is 2.28. The van der Waals surface area contributed by atoms with Crippen LogP contribution in [-0.4, -0.2) is 36.7 Å². The molecule has 0 unspecified atom stereocenters. The van der Waals surface area contributed by atoms with Crippen LogP contribution in [0.3, 0.4) is 0 Å². The summed E-state index contributed by atoms with van der Waals surface area (Å²) in [5.74, 6) is -0.568. The van der Waals surface area contributed by atoms with Crippen LogP contribution in [-0.2, 0) is 10.0 Å². The number of hydrogen-bond donors (Lipinski definition) is 2. The van der Waals surface area contributed by atoms with Crippen LogP contribution in [0.2, 0.25) is 0 Å². The lowest BCUT2D eigenvalue weighted by Gasteiger charge is -2.27. The first-order valence-electron chi connectivity index (χ1n) is 8.49. The predicted octanol–water partition coefficient (Wildman–Crippen LogP) is 2.11. The molecule has 3 rings (SSSR count). The molecule has 1 saturated heterocycles. The van der Waals surface area contributed by atoms with Crippen molar-refractivity contribution in [1.29, 1.82) is 0 Å². The van der Waals surface area contributed by atoms with E-state index in [4.69, 9.17) is 0 Å². The van der Waals surface area contributed by atoms with Gasteiger partial charge in [0.05, 0.1) is 5.69 Å². The fourth-order valence-corrected chi connectivity index (χ4v) is 4.71. The Labute approximate surface area is 152 Å². The summed E-state index contributed by atoms with van der Waals surface area (Å²) in [4.78, 5) is 26.3. The van der Waals surface area contributed by atoms with Gasteiger partial charge in [-0.05, 0) is 43.5 Å². The van der Waals surface area contributed by atoms with E-state index in [2.05, 4.69) is 10.3 Å². The van der Waals surface area contributed by atoms with E-state index in [1.54, 1.807) is 25.1 Å². The molecule has 7 nitrogen and oxygen atoms in total. The van der Waals surface area contributed by atoms with E-state index in [-0.39, 0.29) is 16.3 Å². The van der Waals surface area contributed by atoms with Crippen molar-refractivity contribution in [2.24, 2.45) is 0 Å². The number of amides is 1. The molecule has 1 fully saturated rings. The highest BCUT2D eigenvalue weighted by atomic mass is 32.2. The zero-order valence-electron chi connectivity index (χ0n) is 14.5. The van der Waals surface area contributed by atoms with Crippen molar-refractivity contribution in [2.75, 3.05) is 18.4 Å². The lowest BCUT2D eigenvalue weighted by molar-refractivity contribution is 0.102. The second kappa shape index (κ2) is 7.43. The van der Waals surface area contributed by atoms with Gasteiger partial charge in [-0.15, -0.1) is 0 Å². The van der Waals surface area contributed by atoms with E-state index >= 15 is 0 Å². The fraction of sp³-hybridized carbons (Fsp3) is 0.333. The topological polar surface area (TPSA) is 99.3 Å². The van der Waals surface area contributed by atoms with Crippen molar-refractivity contribution in [3.63, 3.8) is 0 Å². The van der Waals surface area contributed by atoms with E-state index < -0.39 is 21.5 Å². The number of rotatable bonds is 4. The quantitative estimate of drug-likeness (QED) is 0.855.